The Balaban J connectivity index is 1.83. The van der Waals surface area contributed by atoms with Crippen molar-refractivity contribution < 1.29 is 23.7 Å². The molecule has 0 spiro atoms. The number of methoxy groups -OCH3 is 4. The molecular weight excluding hydrogens is 308 g/mol. The number of carbonyl (C=O) groups excluding carboxylic acids is 1. The molecule has 140 valence electrons. The molecule has 0 aromatic carbocycles. The van der Waals surface area contributed by atoms with Crippen LogP contribution in [0.4, 0.5) is 0 Å². The van der Waals surface area contributed by atoms with E-state index in [0.29, 0.717) is 18.1 Å². The maximum absolute atomic E-state index is 12.8. The van der Waals surface area contributed by atoms with Gasteiger partial charge in [0.05, 0.1) is 24.4 Å². The molecule has 0 aromatic heterocycles. The highest BCUT2D eigenvalue weighted by atomic mass is 16.5. The highest BCUT2D eigenvalue weighted by Gasteiger charge is 2.36. The Morgan fingerprint density at radius 1 is 0.792 bits per heavy atom. The molecule has 2 aliphatic rings. The maximum Gasteiger partial charge on any atom is 0.138 e. The van der Waals surface area contributed by atoms with Gasteiger partial charge >= 0.3 is 0 Å². The summed E-state index contributed by atoms with van der Waals surface area (Å²) in [7, 11) is 6.95. The van der Waals surface area contributed by atoms with E-state index in [1.807, 2.05) is 0 Å². The van der Waals surface area contributed by atoms with E-state index in [0.717, 1.165) is 44.9 Å². The summed E-state index contributed by atoms with van der Waals surface area (Å²) in [6.45, 7) is 0. The third kappa shape index (κ3) is 5.01. The summed E-state index contributed by atoms with van der Waals surface area (Å²) >= 11 is 0. The summed E-state index contributed by atoms with van der Waals surface area (Å²) in [4.78, 5) is 12.8. The first kappa shape index (κ1) is 19.8. The van der Waals surface area contributed by atoms with Crippen LogP contribution in [0, 0.1) is 11.8 Å². The standard InChI is InChI=1S/C19H34O5/c1-21-14-7-10-17(22-2)15(12-14)16(20)8-5-13-6-9-18(23-3)19(11-13)24-4/h13-15,17-19H,5-12H2,1-4H3. The number of hydrogen-bond donors (Lipinski definition) is 0. The first-order valence-corrected chi connectivity index (χ1v) is 9.26. The minimum atomic E-state index is -0.0118. The highest BCUT2D eigenvalue weighted by Crippen LogP contribution is 2.34. The molecule has 6 atom stereocenters. The van der Waals surface area contributed by atoms with Crippen molar-refractivity contribution in [1.29, 1.82) is 0 Å². The van der Waals surface area contributed by atoms with Crippen LogP contribution in [0.5, 0.6) is 0 Å². The van der Waals surface area contributed by atoms with Gasteiger partial charge in [-0.3, -0.25) is 4.79 Å². The SMILES string of the molecule is COC1CCC(OC)C(C(=O)CCC2CCC(OC)C(OC)C2)C1. The van der Waals surface area contributed by atoms with Crippen LogP contribution in [0.1, 0.15) is 51.4 Å². The van der Waals surface area contributed by atoms with E-state index in [1.54, 1.807) is 28.4 Å². The summed E-state index contributed by atoms with van der Waals surface area (Å²) in [5.41, 5.74) is 0. The molecule has 0 amide bonds. The van der Waals surface area contributed by atoms with Gasteiger partial charge in [-0.2, -0.15) is 0 Å². The minimum Gasteiger partial charge on any atom is -0.381 e. The molecule has 5 nitrogen and oxygen atoms in total. The Kier molecular flexibility index (Phi) is 8.14. The molecular formula is C19H34O5. The fourth-order valence-electron chi connectivity index (χ4n) is 4.43. The molecule has 0 heterocycles. The van der Waals surface area contributed by atoms with Gasteiger partial charge < -0.3 is 18.9 Å². The normalized spacial score (nSPS) is 37.3. The molecule has 5 heteroatoms. The number of rotatable bonds is 8. The fourth-order valence-corrected chi connectivity index (χ4v) is 4.43. The van der Waals surface area contributed by atoms with E-state index in [9.17, 15) is 4.79 Å². The van der Waals surface area contributed by atoms with Crippen molar-refractivity contribution in [3.8, 4) is 0 Å². The summed E-state index contributed by atoms with van der Waals surface area (Å²) in [5.74, 6) is 0.877. The van der Waals surface area contributed by atoms with Gasteiger partial charge in [-0.05, 0) is 50.9 Å². The maximum atomic E-state index is 12.8. The molecule has 2 saturated carbocycles. The van der Waals surface area contributed by atoms with Crippen molar-refractivity contribution in [2.24, 2.45) is 11.8 Å². The lowest BCUT2D eigenvalue weighted by Gasteiger charge is -2.36. The Bertz CT molecular complexity index is 386. The van der Waals surface area contributed by atoms with Crippen molar-refractivity contribution in [1.82, 2.24) is 0 Å². The van der Waals surface area contributed by atoms with E-state index in [-0.39, 0.29) is 30.3 Å². The van der Waals surface area contributed by atoms with Crippen molar-refractivity contribution in [3.63, 3.8) is 0 Å². The lowest BCUT2D eigenvalue weighted by Crippen LogP contribution is -2.39. The van der Waals surface area contributed by atoms with Gasteiger partial charge in [0.25, 0.3) is 0 Å². The first-order valence-electron chi connectivity index (χ1n) is 9.26. The molecule has 24 heavy (non-hydrogen) atoms. The Morgan fingerprint density at radius 3 is 2.08 bits per heavy atom. The molecule has 2 rings (SSSR count). The van der Waals surface area contributed by atoms with Gasteiger partial charge in [-0.15, -0.1) is 0 Å². The van der Waals surface area contributed by atoms with Crippen molar-refractivity contribution >= 4 is 5.78 Å². The van der Waals surface area contributed by atoms with Crippen molar-refractivity contribution in [2.75, 3.05) is 28.4 Å². The van der Waals surface area contributed by atoms with Crippen LogP contribution < -0.4 is 0 Å². The van der Waals surface area contributed by atoms with Gasteiger partial charge in [0.1, 0.15) is 5.78 Å². The molecule has 6 unspecified atom stereocenters. The quantitative estimate of drug-likeness (QED) is 0.679. The molecule has 0 saturated heterocycles. The van der Waals surface area contributed by atoms with Crippen LogP contribution in [-0.2, 0) is 23.7 Å². The predicted molar refractivity (Wildman–Crippen MR) is 92.1 cm³/mol. The lowest BCUT2D eigenvalue weighted by molar-refractivity contribution is -0.133. The number of hydrogen-bond acceptors (Lipinski definition) is 5. The third-order valence-corrected chi connectivity index (χ3v) is 6.03. The van der Waals surface area contributed by atoms with E-state index in [2.05, 4.69) is 0 Å². The molecule has 0 bridgehead atoms. The van der Waals surface area contributed by atoms with Crippen LogP contribution in [0.15, 0.2) is 0 Å². The van der Waals surface area contributed by atoms with Crippen molar-refractivity contribution in [3.05, 3.63) is 0 Å². The van der Waals surface area contributed by atoms with Gasteiger partial charge in [0.15, 0.2) is 0 Å². The van der Waals surface area contributed by atoms with Crippen LogP contribution in [0.25, 0.3) is 0 Å². The predicted octanol–water partition coefficient (Wildman–Crippen LogP) is 3.00. The number of carbonyl (C=O) groups is 1. The summed E-state index contributed by atoms with van der Waals surface area (Å²) in [6.07, 6.45) is 8.00. The van der Waals surface area contributed by atoms with E-state index < -0.39 is 0 Å². The molecule has 0 aromatic rings. The Morgan fingerprint density at radius 2 is 1.46 bits per heavy atom. The van der Waals surface area contributed by atoms with E-state index >= 15 is 0 Å². The zero-order valence-electron chi connectivity index (χ0n) is 15.7. The first-order chi connectivity index (χ1) is 11.6. The average Bonchev–Trinajstić information content (AvgIpc) is 2.65. The largest absolute Gasteiger partial charge is 0.381 e. The van der Waals surface area contributed by atoms with Crippen LogP contribution in [0.3, 0.4) is 0 Å². The third-order valence-electron chi connectivity index (χ3n) is 6.03. The van der Waals surface area contributed by atoms with E-state index in [1.165, 1.54) is 0 Å². The second-order valence-electron chi connectivity index (χ2n) is 7.28. The van der Waals surface area contributed by atoms with Gasteiger partial charge in [-0.1, -0.05) is 0 Å². The van der Waals surface area contributed by atoms with Crippen LogP contribution in [0.2, 0.25) is 0 Å². The molecule has 2 aliphatic carbocycles. The van der Waals surface area contributed by atoms with Crippen LogP contribution in [-0.4, -0.2) is 58.6 Å². The molecule has 0 aliphatic heterocycles. The smallest absolute Gasteiger partial charge is 0.138 e. The summed E-state index contributed by atoms with van der Waals surface area (Å²) in [5, 5.41) is 0. The second kappa shape index (κ2) is 9.85. The summed E-state index contributed by atoms with van der Waals surface area (Å²) < 4.78 is 22.1. The lowest BCUT2D eigenvalue weighted by atomic mass is 9.78. The second-order valence-corrected chi connectivity index (χ2v) is 7.28. The topological polar surface area (TPSA) is 54.0 Å². The zero-order chi connectivity index (χ0) is 17.5. The minimum absolute atomic E-state index is 0.0118. The van der Waals surface area contributed by atoms with Crippen LogP contribution >= 0.6 is 0 Å². The Labute approximate surface area is 146 Å². The monoisotopic (exact) mass is 342 g/mol. The number of ketones is 1. The molecule has 0 N–H and O–H groups in total. The summed E-state index contributed by atoms with van der Waals surface area (Å²) in [6, 6.07) is 0. The average molecular weight is 342 g/mol. The van der Waals surface area contributed by atoms with Gasteiger partial charge in [0.2, 0.25) is 0 Å². The van der Waals surface area contributed by atoms with Crippen molar-refractivity contribution in [2.45, 2.75) is 75.8 Å². The van der Waals surface area contributed by atoms with Gasteiger partial charge in [0, 0.05) is 40.8 Å². The zero-order valence-corrected chi connectivity index (χ0v) is 15.7. The highest BCUT2D eigenvalue weighted by molar-refractivity contribution is 5.81. The van der Waals surface area contributed by atoms with E-state index in [4.69, 9.17) is 18.9 Å². The van der Waals surface area contributed by atoms with Gasteiger partial charge in [-0.25, -0.2) is 0 Å². The Hall–Kier alpha value is -0.490. The fraction of sp³-hybridized carbons (Fsp3) is 0.947. The molecule has 0 radical (unpaired) electrons. The molecule has 2 fully saturated rings. The number of ether oxygens (including phenoxy) is 4. The number of Topliss-reactive ketones (excluding diaryl/α,β-unsaturated/α-hetero) is 1.